The van der Waals surface area contributed by atoms with E-state index in [1.54, 1.807) is 7.11 Å². The van der Waals surface area contributed by atoms with Crippen molar-refractivity contribution in [1.29, 1.82) is 0 Å². The molecule has 0 heterocycles. The van der Waals surface area contributed by atoms with E-state index in [0.717, 1.165) is 12.2 Å². The molecule has 1 aromatic carbocycles. The van der Waals surface area contributed by atoms with Gasteiger partial charge in [0.1, 0.15) is 5.75 Å². The van der Waals surface area contributed by atoms with Crippen LogP contribution in [0.1, 0.15) is 31.9 Å². The fourth-order valence-electron chi connectivity index (χ4n) is 1.59. The Morgan fingerprint density at radius 1 is 1.50 bits per heavy atom. The van der Waals surface area contributed by atoms with Gasteiger partial charge < -0.3 is 4.74 Å². The lowest BCUT2D eigenvalue weighted by molar-refractivity contribution is 0.413. The van der Waals surface area contributed by atoms with Gasteiger partial charge in [0, 0.05) is 6.04 Å². The summed E-state index contributed by atoms with van der Waals surface area (Å²) in [6.07, 6.45) is 6.36. The van der Waals surface area contributed by atoms with Crippen molar-refractivity contribution < 1.29 is 4.74 Å². The molecule has 0 amide bonds. The minimum absolute atomic E-state index is 0.126. The number of benzene rings is 1. The largest absolute Gasteiger partial charge is 0.497 e. The van der Waals surface area contributed by atoms with Gasteiger partial charge in [-0.2, -0.15) is 0 Å². The molecular weight excluding hydrogens is 198 g/mol. The Labute approximate surface area is 98.0 Å². The van der Waals surface area contributed by atoms with Gasteiger partial charge >= 0.3 is 0 Å². The highest BCUT2D eigenvalue weighted by molar-refractivity contribution is 5.30. The first kappa shape index (κ1) is 12.6. The number of terminal acetylenes is 1. The van der Waals surface area contributed by atoms with Crippen LogP contribution in [0.2, 0.25) is 0 Å². The van der Waals surface area contributed by atoms with Crippen LogP contribution in [0.4, 0.5) is 0 Å². The van der Waals surface area contributed by atoms with Crippen LogP contribution >= 0.6 is 0 Å². The summed E-state index contributed by atoms with van der Waals surface area (Å²) >= 11 is 0. The summed E-state index contributed by atoms with van der Waals surface area (Å²) in [5.41, 5.74) is 1.19. The molecule has 0 radical (unpaired) electrons. The van der Waals surface area contributed by atoms with Gasteiger partial charge in [-0.15, -0.1) is 6.42 Å². The molecule has 1 unspecified atom stereocenters. The van der Waals surface area contributed by atoms with Crippen molar-refractivity contribution in [1.82, 2.24) is 5.32 Å². The third kappa shape index (κ3) is 3.29. The van der Waals surface area contributed by atoms with Gasteiger partial charge in [0.15, 0.2) is 0 Å². The zero-order valence-electron chi connectivity index (χ0n) is 10.2. The topological polar surface area (TPSA) is 21.3 Å². The third-order valence-corrected chi connectivity index (χ3v) is 2.65. The summed E-state index contributed by atoms with van der Waals surface area (Å²) in [7, 11) is 1.67. The average molecular weight is 217 g/mol. The molecule has 1 N–H and O–H groups in total. The van der Waals surface area contributed by atoms with Crippen LogP contribution in [0.25, 0.3) is 0 Å². The lowest BCUT2D eigenvalue weighted by Gasteiger charge is -2.18. The van der Waals surface area contributed by atoms with Crippen molar-refractivity contribution in [3.63, 3.8) is 0 Å². The molecule has 2 heteroatoms. The van der Waals surface area contributed by atoms with Crippen LogP contribution in [0.15, 0.2) is 24.3 Å². The van der Waals surface area contributed by atoms with Crippen LogP contribution < -0.4 is 10.1 Å². The van der Waals surface area contributed by atoms with Crippen molar-refractivity contribution >= 4 is 0 Å². The Balaban J connectivity index is 2.72. The summed E-state index contributed by atoms with van der Waals surface area (Å²) in [4.78, 5) is 0. The summed E-state index contributed by atoms with van der Waals surface area (Å²) in [6, 6.07) is 8.39. The van der Waals surface area contributed by atoms with E-state index < -0.39 is 0 Å². The van der Waals surface area contributed by atoms with Crippen molar-refractivity contribution in [3.05, 3.63) is 29.8 Å². The molecular formula is C14H19NO. The Morgan fingerprint density at radius 3 is 2.81 bits per heavy atom. The Kier molecular flexibility index (Phi) is 4.88. The highest BCUT2D eigenvalue weighted by Crippen LogP contribution is 2.19. The van der Waals surface area contributed by atoms with Crippen molar-refractivity contribution in [3.8, 4) is 18.1 Å². The normalized spacial score (nSPS) is 13.9. The molecule has 86 valence electrons. The minimum atomic E-state index is 0.126. The van der Waals surface area contributed by atoms with Crippen molar-refractivity contribution in [2.24, 2.45) is 0 Å². The fourth-order valence-corrected chi connectivity index (χ4v) is 1.59. The van der Waals surface area contributed by atoms with Gasteiger partial charge in [-0.3, -0.25) is 5.32 Å². The number of nitrogens with one attached hydrogen (secondary N) is 1. The van der Waals surface area contributed by atoms with Crippen LogP contribution in [-0.4, -0.2) is 13.2 Å². The smallest absolute Gasteiger partial charge is 0.119 e. The molecule has 0 aliphatic rings. The first-order valence-electron chi connectivity index (χ1n) is 5.57. The molecule has 1 aromatic rings. The predicted octanol–water partition coefficient (Wildman–Crippen LogP) is 2.76. The molecule has 2 atom stereocenters. The average Bonchev–Trinajstić information content (AvgIpc) is 2.35. The second kappa shape index (κ2) is 6.19. The highest BCUT2D eigenvalue weighted by atomic mass is 16.5. The second-order valence-corrected chi connectivity index (χ2v) is 3.79. The Hall–Kier alpha value is -1.46. The maximum absolute atomic E-state index is 5.43. The van der Waals surface area contributed by atoms with E-state index in [9.17, 15) is 0 Å². The highest BCUT2D eigenvalue weighted by Gasteiger charge is 2.09. The molecule has 2 nitrogen and oxygen atoms in total. The Bertz CT molecular complexity index is 367. The van der Waals surface area contributed by atoms with Crippen LogP contribution in [0.3, 0.4) is 0 Å². The van der Waals surface area contributed by atoms with E-state index in [0.29, 0.717) is 0 Å². The quantitative estimate of drug-likeness (QED) is 0.766. The molecule has 0 saturated heterocycles. The first-order chi connectivity index (χ1) is 7.71. The maximum Gasteiger partial charge on any atom is 0.119 e. The number of hydrogen-bond acceptors (Lipinski definition) is 2. The molecule has 16 heavy (non-hydrogen) atoms. The molecule has 0 fully saturated rings. The van der Waals surface area contributed by atoms with E-state index in [-0.39, 0.29) is 12.1 Å². The SMILES string of the molecule is C#CC(CC)N[C@@H](C)c1cccc(OC)c1. The van der Waals surface area contributed by atoms with E-state index in [2.05, 4.69) is 31.2 Å². The lowest BCUT2D eigenvalue weighted by atomic mass is 10.1. The van der Waals surface area contributed by atoms with E-state index in [4.69, 9.17) is 11.2 Å². The van der Waals surface area contributed by atoms with Crippen molar-refractivity contribution in [2.75, 3.05) is 7.11 Å². The van der Waals surface area contributed by atoms with Gasteiger partial charge in [0.05, 0.1) is 13.2 Å². The van der Waals surface area contributed by atoms with Crippen LogP contribution in [0.5, 0.6) is 5.75 Å². The van der Waals surface area contributed by atoms with Gasteiger partial charge in [-0.25, -0.2) is 0 Å². The molecule has 1 rings (SSSR count). The molecule has 0 aliphatic carbocycles. The summed E-state index contributed by atoms with van der Waals surface area (Å²) in [5, 5.41) is 3.39. The van der Waals surface area contributed by atoms with E-state index in [1.165, 1.54) is 5.56 Å². The lowest BCUT2D eigenvalue weighted by Crippen LogP contribution is -2.29. The molecule has 0 saturated carbocycles. The standard InChI is InChI=1S/C14H19NO/c1-5-13(6-2)15-11(3)12-8-7-9-14(10-12)16-4/h1,7-11,13,15H,6H2,2-4H3/t11-,13?/m0/s1. The van der Waals surface area contributed by atoms with Crippen molar-refractivity contribution in [2.45, 2.75) is 32.4 Å². The van der Waals surface area contributed by atoms with Gasteiger partial charge in [0.25, 0.3) is 0 Å². The number of hydrogen-bond donors (Lipinski definition) is 1. The number of ether oxygens (including phenoxy) is 1. The molecule has 0 bridgehead atoms. The summed E-state index contributed by atoms with van der Waals surface area (Å²) < 4.78 is 5.19. The van der Waals surface area contributed by atoms with Gasteiger partial charge in [-0.1, -0.05) is 25.0 Å². The van der Waals surface area contributed by atoms with E-state index in [1.807, 2.05) is 18.2 Å². The van der Waals surface area contributed by atoms with E-state index >= 15 is 0 Å². The third-order valence-electron chi connectivity index (χ3n) is 2.65. The minimum Gasteiger partial charge on any atom is -0.497 e. The first-order valence-corrected chi connectivity index (χ1v) is 5.57. The summed E-state index contributed by atoms with van der Waals surface area (Å²) in [5.74, 6) is 3.61. The fraction of sp³-hybridized carbons (Fsp3) is 0.429. The van der Waals surface area contributed by atoms with Crippen LogP contribution in [0, 0.1) is 12.3 Å². The monoisotopic (exact) mass is 217 g/mol. The predicted molar refractivity (Wildman–Crippen MR) is 67.5 cm³/mol. The molecule has 0 aliphatic heterocycles. The maximum atomic E-state index is 5.43. The number of rotatable bonds is 5. The number of methoxy groups -OCH3 is 1. The zero-order valence-corrected chi connectivity index (χ0v) is 10.2. The second-order valence-electron chi connectivity index (χ2n) is 3.79. The molecule has 0 aromatic heterocycles. The molecule has 0 spiro atoms. The van der Waals surface area contributed by atoms with Crippen LogP contribution in [-0.2, 0) is 0 Å². The van der Waals surface area contributed by atoms with Gasteiger partial charge in [-0.05, 0) is 31.0 Å². The zero-order chi connectivity index (χ0) is 12.0. The van der Waals surface area contributed by atoms with Gasteiger partial charge in [0.2, 0.25) is 0 Å². The summed E-state index contributed by atoms with van der Waals surface area (Å²) in [6.45, 7) is 4.19. The Morgan fingerprint density at radius 2 is 2.25 bits per heavy atom.